The average Bonchev–Trinajstić information content (AvgIpc) is 2.18. The number of rotatable bonds is 5. The minimum atomic E-state index is 0.121. The van der Waals surface area contributed by atoms with Crippen molar-refractivity contribution in [3.63, 3.8) is 0 Å². The molecule has 4 heteroatoms. The van der Waals surface area contributed by atoms with Crippen molar-refractivity contribution >= 4 is 6.41 Å². The second-order valence-electron chi connectivity index (χ2n) is 2.83. The average molecular weight is 195 g/mol. The molecule has 1 rings (SSSR count). The third-order valence-electron chi connectivity index (χ3n) is 1.88. The molecular weight excluding hydrogens is 182 g/mol. The topological polar surface area (TPSA) is 58.6 Å². The highest BCUT2D eigenvalue weighted by Crippen LogP contribution is 2.26. The Morgan fingerprint density at radius 3 is 2.93 bits per heavy atom. The number of amides is 1. The standard InChI is InChI=1S/C10H13NO3/c1-14-10-3-2-8(6-9(10)13)4-5-11-7-12/h2-3,6-7,13H,4-5H2,1H3,(H,11,12). The smallest absolute Gasteiger partial charge is 0.207 e. The van der Waals surface area contributed by atoms with E-state index in [1.807, 2.05) is 6.07 Å². The number of phenolic OH excluding ortho intramolecular Hbond substituents is 1. The van der Waals surface area contributed by atoms with Gasteiger partial charge >= 0.3 is 0 Å². The van der Waals surface area contributed by atoms with Gasteiger partial charge in [-0.15, -0.1) is 0 Å². The highest BCUT2D eigenvalue weighted by molar-refractivity contribution is 5.46. The van der Waals surface area contributed by atoms with Crippen LogP contribution in [0.2, 0.25) is 0 Å². The Hall–Kier alpha value is -1.71. The van der Waals surface area contributed by atoms with E-state index in [0.29, 0.717) is 25.1 Å². The fourth-order valence-electron chi connectivity index (χ4n) is 1.17. The first kappa shape index (κ1) is 10.4. The molecule has 1 aromatic rings. The Balaban J connectivity index is 2.61. The summed E-state index contributed by atoms with van der Waals surface area (Å²) in [6.07, 6.45) is 1.35. The zero-order chi connectivity index (χ0) is 10.4. The number of hydrogen-bond acceptors (Lipinski definition) is 3. The van der Waals surface area contributed by atoms with E-state index in [1.165, 1.54) is 7.11 Å². The normalized spacial score (nSPS) is 9.50. The molecule has 0 saturated heterocycles. The molecule has 0 heterocycles. The van der Waals surface area contributed by atoms with Crippen molar-refractivity contribution in [2.24, 2.45) is 0 Å². The number of ether oxygens (including phenoxy) is 1. The second kappa shape index (κ2) is 5.11. The fraction of sp³-hybridized carbons (Fsp3) is 0.300. The molecule has 0 saturated carbocycles. The summed E-state index contributed by atoms with van der Waals surface area (Å²) in [6.45, 7) is 0.565. The van der Waals surface area contributed by atoms with Gasteiger partial charge in [-0.25, -0.2) is 0 Å². The summed E-state index contributed by atoms with van der Waals surface area (Å²) in [4.78, 5) is 9.98. The maximum Gasteiger partial charge on any atom is 0.207 e. The molecule has 0 fully saturated rings. The summed E-state index contributed by atoms with van der Waals surface area (Å²) < 4.78 is 4.90. The van der Waals surface area contributed by atoms with E-state index < -0.39 is 0 Å². The lowest BCUT2D eigenvalue weighted by atomic mass is 10.1. The van der Waals surface area contributed by atoms with E-state index in [9.17, 15) is 9.90 Å². The minimum absolute atomic E-state index is 0.121. The molecule has 1 aromatic carbocycles. The van der Waals surface area contributed by atoms with Crippen molar-refractivity contribution in [1.29, 1.82) is 0 Å². The quantitative estimate of drug-likeness (QED) is 0.537. The molecule has 0 bridgehead atoms. The minimum Gasteiger partial charge on any atom is -0.504 e. The maximum atomic E-state index is 9.98. The lowest BCUT2D eigenvalue weighted by Gasteiger charge is -2.05. The molecule has 2 N–H and O–H groups in total. The number of carbonyl (C=O) groups is 1. The third-order valence-corrected chi connectivity index (χ3v) is 1.88. The van der Waals surface area contributed by atoms with Crippen LogP contribution in [0.1, 0.15) is 5.56 Å². The van der Waals surface area contributed by atoms with E-state index in [-0.39, 0.29) is 5.75 Å². The van der Waals surface area contributed by atoms with Crippen molar-refractivity contribution in [2.45, 2.75) is 6.42 Å². The molecule has 4 nitrogen and oxygen atoms in total. The van der Waals surface area contributed by atoms with Crippen LogP contribution in [-0.2, 0) is 11.2 Å². The number of carbonyl (C=O) groups excluding carboxylic acids is 1. The van der Waals surface area contributed by atoms with Crippen molar-refractivity contribution in [2.75, 3.05) is 13.7 Å². The first-order valence-corrected chi connectivity index (χ1v) is 4.31. The monoisotopic (exact) mass is 195 g/mol. The number of benzene rings is 1. The van der Waals surface area contributed by atoms with Crippen LogP contribution in [0.25, 0.3) is 0 Å². The molecule has 0 aliphatic rings. The molecule has 0 aromatic heterocycles. The molecule has 0 aliphatic carbocycles. The molecule has 1 amide bonds. The zero-order valence-electron chi connectivity index (χ0n) is 7.99. The highest BCUT2D eigenvalue weighted by atomic mass is 16.5. The molecule has 0 spiro atoms. The van der Waals surface area contributed by atoms with E-state index >= 15 is 0 Å². The number of methoxy groups -OCH3 is 1. The van der Waals surface area contributed by atoms with Gasteiger partial charge < -0.3 is 15.2 Å². The van der Waals surface area contributed by atoms with Crippen molar-refractivity contribution in [3.05, 3.63) is 23.8 Å². The third kappa shape index (κ3) is 2.65. The Labute approximate surface area is 82.5 Å². The summed E-state index contributed by atoms with van der Waals surface area (Å²) >= 11 is 0. The van der Waals surface area contributed by atoms with E-state index in [1.54, 1.807) is 12.1 Å². The van der Waals surface area contributed by atoms with Gasteiger partial charge in [-0.1, -0.05) is 6.07 Å². The fourth-order valence-corrected chi connectivity index (χ4v) is 1.17. The van der Waals surface area contributed by atoms with Gasteiger partial charge in [0.25, 0.3) is 0 Å². The van der Waals surface area contributed by atoms with Crippen molar-refractivity contribution < 1.29 is 14.6 Å². The van der Waals surface area contributed by atoms with Crippen LogP contribution in [0.4, 0.5) is 0 Å². The molecule has 0 aliphatic heterocycles. The zero-order valence-corrected chi connectivity index (χ0v) is 7.99. The van der Waals surface area contributed by atoms with Crippen LogP contribution >= 0.6 is 0 Å². The van der Waals surface area contributed by atoms with Gasteiger partial charge in [-0.2, -0.15) is 0 Å². The van der Waals surface area contributed by atoms with Gasteiger partial charge in [0, 0.05) is 6.54 Å². The Morgan fingerprint density at radius 2 is 2.36 bits per heavy atom. The van der Waals surface area contributed by atoms with Gasteiger partial charge in [0.05, 0.1) is 7.11 Å². The number of nitrogens with one attached hydrogen (secondary N) is 1. The van der Waals surface area contributed by atoms with Crippen LogP contribution in [-0.4, -0.2) is 25.2 Å². The number of aromatic hydroxyl groups is 1. The van der Waals surface area contributed by atoms with E-state index in [2.05, 4.69) is 5.32 Å². The summed E-state index contributed by atoms with van der Waals surface area (Å²) in [5, 5.41) is 12.0. The molecule has 0 atom stereocenters. The van der Waals surface area contributed by atoms with Crippen LogP contribution < -0.4 is 10.1 Å². The first-order chi connectivity index (χ1) is 6.77. The SMILES string of the molecule is COc1ccc(CCNC=O)cc1O. The van der Waals surface area contributed by atoms with Gasteiger partial charge in [0.1, 0.15) is 0 Å². The maximum absolute atomic E-state index is 9.98. The lowest BCUT2D eigenvalue weighted by molar-refractivity contribution is -0.109. The predicted octanol–water partition coefficient (Wildman–Crippen LogP) is 0.689. The highest BCUT2D eigenvalue weighted by Gasteiger charge is 2.01. The van der Waals surface area contributed by atoms with Crippen LogP contribution in [0.15, 0.2) is 18.2 Å². The predicted molar refractivity (Wildman–Crippen MR) is 52.4 cm³/mol. The Morgan fingerprint density at radius 1 is 1.57 bits per heavy atom. The van der Waals surface area contributed by atoms with Crippen LogP contribution in [0.5, 0.6) is 11.5 Å². The Kier molecular flexibility index (Phi) is 3.79. The van der Waals surface area contributed by atoms with Crippen LogP contribution in [0, 0.1) is 0 Å². The summed E-state index contributed by atoms with van der Waals surface area (Å²) in [5.74, 6) is 0.577. The summed E-state index contributed by atoms with van der Waals surface area (Å²) in [5.41, 5.74) is 0.956. The largest absolute Gasteiger partial charge is 0.504 e. The van der Waals surface area contributed by atoms with E-state index in [4.69, 9.17) is 4.74 Å². The molecular formula is C10H13NO3. The van der Waals surface area contributed by atoms with Crippen LogP contribution in [0.3, 0.4) is 0 Å². The van der Waals surface area contributed by atoms with Gasteiger partial charge in [0.2, 0.25) is 6.41 Å². The van der Waals surface area contributed by atoms with E-state index in [0.717, 1.165) is 5.56 Å². The van der Waals surface area contributed by atoms with Gasteiger partial charge in [-0.3, -0.25) is 4.79 Å². The number of hydrogen-bond donors (Lipinski definition) is 2. The van der Waals surface area contributed by atoms with Gasteiger partial charge in [0.15, 0.2) is 11.5 Å². The molecule has 0 unspecified atom stereocenters. The second-order valence-corrected chi connectivity index (χ2v) is 2.83. The molecule has 76 valence electrons. The number of phenols is 1. The summed E-state index contributed by atoms with van der Waals surface area (Å²) in [7, 11) is 1.50. The van der Waals surface area contributed by atoms with Crippen molar-refractivity contribution in [3.8, 4) is 11.5 Å². The van der Waals surface area contributed by atoms with Crippen molar-refractivity contribution in [1.82, 2.24) is 5.32 Å². The summed E-state index contributed by atoms with van der Waals surface area (Å²) in [6, 6.07) is 5.18. The molecule has 0 radical (unpaired) electrons. The first-order valence-electron chi connectivity index (χ1n) is 4.31. The molecule has 14 heavy (non-hydrogen) atoms. The lowest BCUT2D eigenvalue weighted by Crippen LogP contribution is -2.14. The van der Waals surface area contributed by atoms with Gasteiger partial charge in [-0.05, 0) is 24.1 Å². The Bertz CT molecular complexity index is 312.